The van der Waals surface area contributed by atoms with E-state index in [4.69, 9.17) is 19.4 Å². The fraction of sp³-hybridized carbons (Fsp3) is 0. The van der Waals surface area contributed by atoms with Crippen LogP contribution < -0.4 is 0 Å². The topological polar surface area (TPSA) is 56.7 Å². The Morgan fingerprint density at radius 1 is 0.323 bits per heavy atom. The minimum atomic E-state index is 0.623. The Bertz CT molecular complexity index is 3540. The minimum Gasteiger partial charge on any atom is -0.454 e. The van der Waals surface area contributed by atoms with Crippen LogP contribution in [0.3, 0.4) is 0 Å². The molecule has 0 aliphatic carbocycles. The fourth-order valence-corrected chi connectivity index (χ4v) is 8.89. The van der Waals surface area contributed by atoms with E-state index < -0.39 is 0 Å². The molecule has 12 aromatic rings. The molecule has 0 amide bonds. The lowest BCUT2D eigenvalue weighted by molar-refractivity contribution is 0.666. The van der Waals surface area contributed by atoms with Gasteiger partial charge in [-0.2, -0.15) is 0 Å². The summed E-state index contributed by atoms with van der Waals surface area (Å²) in [4.78, 5) is 14.8. The Morgan fingerprint density at radius 2 is 0.823 bits per heavy atom. The van der Waals surface area contributed by atoms with Gasteiger partial charge in [-0.25, -0.2) is 15.0 Å². The standard InChI is InChI=1S/C57H36N4O/c1-5-15-37(16-6-1)43-32-34-49-48(35-43)46-33-31-44(38-17-7-2-8-18-38)36-51(46)61(49)50-25-13-24-47-53-45(23-14-26-52(53)62-54(47)50)39-27-29-42(30-28-39)57-59-55(40-19-9-3-10-20-40)58-56(60-57)41-21-11-4-12-22-41/h1-36H. The molecule has 0 unspecified atom stereocenters. The molecule has 0 radical (unpaired) electrons. The molecular formula is C57H36N4O. The lowest BCUT2D eigenvalue weighted by atomic mass is 9.98. The van der Waals surface area contributed by atoms with Gasteiger partial charge in [0.05, 0.1) is 16.7 Å². The maximum atomic E-state index is 6.93. The first kappa shape index (κ1) is 35.5. The SMILES string of the molecule is c1ccc(-c2ccc3c(c2)c2ccc(-c4ccccc4)cc2n3-c2cccc3c2oc2cccc(-c4ccc(-c5nc(-c6ccccc6)nc(-c6ccccc6)n5)cc4)c23)cc1. The number of hydrogen-bond donors (Lipinski definition) is 0. The van der Waals surface area contributed by atoms with Crippen molar-refractivity contribution < 1.29 is 4.42 Å². The van der Waals surface area contributed by atoms with Crippen molar-refractivity contribution in [3.05, 3.63) is 218 Å². The van der Waals surface area contributed by atoms with Gasteiger partial charge < -0.3 is 8.98 Å². The zero-order valence-electron chi connectivity index (χ0n) is 33.5. The van der Waals surface area contributed by atoms with Crippen LogP contribution in [0.15, 0.2) is 223 Å². The van der Waals surface area contributed by atoms with E-state index in [1.54, 1.807) is 0 Å². The molecule has 0 saturated heterocycles. The molecule has 0 fully saturated rings. The largest absolute Gasteiger partial charge is 0.454 e. The third kappa shape index (κ3) is 6.06. The Kier molecular flexibility index (Phi) is 8.42. The summed E-state index contributed by atoms with van der Waals surface area (Å²) in [6.07, 6.45) is 0. The van der Waals surface area contributed by atoms with Crippen LogP contribution in [0.1, 0.15) is 0 Å². The number of nitrogens with zero attached hydrogens (tertiary/aromatic N) is 4. The van der Waals surface area contributed by atoms with E-state index in [0.717, 1.165) is 72.0 Å². The van der Waals surface area contributed by atoms with E-state index in [1.165, 1.54) is 27.5 Å². The van der Waals surface area contributed by atoms with E-state index in [9.17, 15) is 0 Å². The Hall–Kier alpha value is -8.41. The zero-order chi connectivity index (χ0) is 41.0. The molecule has 0 spiro atoms. The average Bonchev–Trinajstić information content (AvgIpc) is 3.90. The van der Waals surface area contributed by atoms with Crippen molar-refractivity contribution in [2.24, 2.45) is 0 Å². The highest BCUT2D eigenvalue weighted by atomic mass is 16.3. The summed E-state index contributed by atoms with van der Waals surface area (Å²) in [5.74, 6) is 1.90. The highest BCUT2D eigenvalue weighted by molar-refractivity contribution is 6.16. The maximum absolute atomic E-state index is 6.93. The van der Waals surface area contributed by atoms with Crippen LogP contribution in [0.5, 0.6) is 0 Å². The third-order valence-corrected chi connectivity index (χ3v) is 11.9. The molecule has 290 valence electrons. The van der Waals surface area contributed by atoms with Crippen LogP contribution in [-0.4, -0.2) is 19.5 Å². The predicted molar refractivity (Wildman–Crippen MR) is 254 cm³/mol. The molecule has 12 rings (SSSR count). The molecule has 3 aromatic heterocycles. The fourth-order valence-electron chi connectivity index (χ4n) is 8.89. The molecule has 0 atom stereocenters. The van der Waals surface area contributed by atoms with E-state index >= 15 is 0 Å². The molecule has 0 saturated carbocycles. The average molecular weight is 793 g/mol. The van der Waals surface area contributed by atoms with Gasteiger partial charge in [0.25, 0.3) is 0 Å². The Morgan fingerprint density at radius 3 is 1.44 bits per heavy atom. The molecule has 0 aliphatic heterocycles. The highest BCUT2D eigenvalue weighted by Crippen LogP contribution is 2.43. The lowest BCUT2D eigenvalue weighted by Crippen LogP contribution is -2.00. The second-order valence-electron chi connectivity index (χ2n) is 15.6. The summed E-state index contributed by atoms with van der Waals surface area (Å²) in [6, 6.07) is 76.3. The van der Waals surface area contributed by atoms with E-state index in [0.29, 0.717) is 17.5 Å². The summed E-state index contributed by atoms with van der Waals surface area (Å²) in [5.41, 5.74) is 14.6. The third-order valence-electron chi connectivity index (χ3n) is 11.9. The monoisotopic (exact) mass is 792 g/mol. The number of benzene rings is 9. The molecule has 5 heteroatoms. The molecule has 3 heterocycles. The molecule has 9 aromatic carbocycles. The van der Waals surface area contributed by atoms with E-state index in [2.05, 4.69) is 162 Å². The molecule has 5 nitrogen and oxygen atoms in total. The molecule has 0 aliphatic rings. The number of para-hydroxylation sites is 1. The van der Waals surface area contributed by atoms with Crippen molar-refractivity contribution in [3.63, 3.8) is 0 Å². The smallest absolute Gasteiger partial charge is 0.164 e. The van der Waals surface area contributed by atoms with Crippen LogP contribution in [0.25, 0.3) is 117 Å². The maximum Gasteiger partial charge on any atom is 0.164 e. The summed E-state index contributed by atoms with van der Waals surface area (Å²) in [7, 11) is 0. The molecular weight excluding hydrogens is 757 g/mol. The number of hydrogen-bond acceptors (Lipinski definition) is 4. The Labute approximate surface area is 357 Å². The van der Waals surface area contributed by atoms with Gasteiger partial charge in [-0.1, -0.05) is 188 Å². The predicted octanol–water partition coefficient (Wildman–Crippen LogP) is 14.9. The van der Waals surface area contributed by atoms with Crippen molar-refractivity contribution in [1.82, 2.24) is 19.5 Å². The number of furan rings is 1. The summed E-state index contributed by atoms with van der Waals surface area (Å²) < 4.78 is 9.31. The van der Waals surface area contributed by atoms with Gasteiger partial charge in [0.15, 0.2) is 23.1 Å². The Balaban J connectivity index is 1.00. The van der Waals surface area contributed by atoms with Crippen molar-refractivity contribution in [2.45, 2.75) is 0 Å². The van der Waals surface area contributed by atoms with Crippen LogP contribution in [0.4, 0.5) is 0 Å². The zero-order valence-corrected chi connectivity index (χ0v) is 33.5. The van der Waals surface area contributed by atoms with Gasteiger partial charge in [-0.05, 0) is 63.7 Å². The second kappa shape index (κ2) is 14.7. The first-order valence-electron chi connectivity index (χ1n) is 20.8. The van der Waals surface area contributed by atoms with E-state index in [1.807, 2.05) is 60.7 Å². The van der Waals surface area contributed by atoms with Crippen LogP contribution in [-0.2, 0) is 0 Å². The van der Waals surface area contributed by atoms with Gasteiger partial charge in [-0.15, -0.1) is 0 Å². The van der Waals surface area contributed by atoms with Crippen LogP contribution >= 0.6 is 0 Å². The summed E-state index contributed by atoms with van der Waals surface area (Å²) in [6.45, 7) is 0. The van der Waals surface area contributed by atoms with Crippen LogP contribution in [0, 0.1) is 0 Å². The van der Waals surface area contributed by atoms with Gasteiger partial charge in [0.1, 0.15) is 5.58 Å². The van der Waals surface area contributed by atoms with Gasteiger partial charge in [-0.3, -0.25) is 0 Å². The van der Waals surface area contributed by atoms with Crippen LogP contribution in [0.2, 0.25) is 0 Å². The first-order chi connectivity index (χ1) is 30.7. The van der Waals surface area contributed by atoms with Crippen molar-refractivity contribution in [1.29, 1.82) is 0 Å². The van der Waals surface area contributed by atoms with Crippen molar-refractivity contribution >= 4 is 43.7 Å². The lowest BCUT2D eigenvalue weighted by Gasteiger charge is -2.10. The minimum absolute atomic E-state index is 0.623. The summed E-state index contributed by atoms with van der Waals surface area (Å²) >= 11 is 0. The highest BCUT2D eigenvalue weighted by Gasteiger charge is 2.21. The normalized spacial score (nSPS) is 11.5. The summed E-state index contributed by atoms with van der Waals surface area (Å²) in [5, 5.41) is 4.52. The van der Waals surface area contributed by atoms with Gasteiger partial charge in [0.2, 0.25) is 0 Å². The van der Waals surface area contributed by atoms with E-state index in [-0.39, 0.29) is 0 Å². The van der Waals surface area contributed by atoms with Crippen molar-refractivity contribution in [3.8, 4) is 73.2 Å². The van der Waals surface area contributed by atoms with Gasteiger partial charge in [0, 0.05) is 38.2 Å². The van der Waals surface area contributed by atoms with Gasteiger partial charge >= 0.3 is 0 Å². The second-order valence-corrected chi connectivity index (χ2v) is 15.6. The first-order valence-corrected chi connectivity index (χ1v) is 20.8. The quantitative estimate of drug-likeness (QED) is 0.161. The number of aromatic nitrogens is 4. The number of fused-ring (bicyclic) bond motifs is 6. The molecule has 62 heavy (non-hydrogen) atoms. The molecule has 0 bridgehead atoms. The van der Waals surface area contributed by atoms with Crippen molar-refractivity contribution in [2.75, 3.05) is 0 Å². The molecule has 0 N–H and O–H groups in total. The number of rotatable bonds is 7.